The predicted octanol–water partition coefficient (Wildman–Crippen LogP) is 3.17. The number of nitrogens with one attached hydrogen (secondary N) is 1. The van der Waals surface area contributed by atoms with Crippen molar-refractivity contribution in [3.8, 4) is 11.5 Å². The van der Waals surface area contributed by atoms with Crippen LogP contribution in [-0.2, 0) is 4.79 Å². The van der Waals surface area contributed by atoms with Crippen molar-refractivity contribution >= 4 is 33.5 Å². The Morgan fingerprint density at radius 3 is 2.61 bits per heavy atom. The number of halogens is 1. The number of carbonyl (C=O) groups excluding carboxylic acids is 1. The Hall–Kier alpha value is -2.54. The first-order valence-corrected chi connectivity index (χ1v) is 7.39. The van der Waals surface area contributed by atoms with Crippen LogP contribution >= 0.6 is 15.9 Å². The van der Waals surface area contributed by atoms with Crippen LogP contribution in [0.15, 0.2) is 46.9 Å². The van der Waals surface area contributed by atoms with E-state index in [9.17, 15) is 9.59 Å². The lowest BCUT2D eigenvalue weighted by molar-refractivity contribution is -0.118. The highest BCUT2D eigenvalue weighted by atomic mass is 79.9. The summed E-state index contributed by atoms with van der Waals surface area (Å²) in [5.74, 6) is -0.910. The average molecular weight is 380 g/mol. The number of para-hydroxylation sites is 2. The van der Waals surface area contributed by atoms with Gasteiger partial charge in [0.2, 0.25) is 0 Å². The highest BCUT2D eigenvalue weighted by Gasteiger charge is 2.14. The Balaban J connectivity index is 2.04. The fourth-order valence-corrected chi connectivity index (χ4v) is 2.23. The quantitative estimate of drug-likeness (QED) is 0.804. The highest BCUT2D eigenvalue weighted by Crippen LogP contribution is 2.24. The summed E-state index contributed by atoms with van der Waals surface area (Å²) >= 11 is 3.19. The fourth-order valence-electron chi connectivity index (χ4n) is 1.87. The van der Waals surface area contributed by atoms with Crippen molar-refractivity contribution in [1.29, 1.82) is 0 Å². The van der Waals surface area contributed by atoms with Crippen LogP contribution in [0.2, 0.25) is 0 Å². The van der Waals surface area contributed by atoms with Gasteiger partial charge in [-0.15, -0.1) is 0 Å². The molecule has 0 radical (unpaired) electrons. The minimum atomic E-state index is -1.13. The van der Waals surface area contributed by atoms with Gasteiger partial charge in [0.1, 0.15) is 17.1 Å². The second-order valence-electron chi connectivity index (χ2n) is 4.48. The van der Waals surface area contributed by atoms with Gasteiger partial charge >= 0.3 is 5.97 Å². The van der Waals surface area contributed by atoms with Gasteiger partial charge in [-0.3, -0.25) is 4.79 Å². The molecule has 2 aromatic carbocycles. The number of rotatable bonds is 6. The van der Waals surface area contributed by atoms with Crippen LogP contribution in [0.25, 0.3) is 0 Å². The van der Waals surface area contributed by atoms with Gasteiger partial charge in [-0.2, -0.15) is 0 Å². The summed E-state index contributed by atoms with van der Waals surface area (Å²) in [5.41, 5.74) is 0.488. The molecule has 0 aliphatic carbocycles. The molecule has 0 unspecified atom stereocenters. The minimum absolute atomic E-state index is 0.0236. The highest BCUT2D eigenvalue weighted by molar-refractivity contribution is 9.10. The maximum Gasteiger partial charge on any atom is 0.339 e. The largest absolute Gasteiger partial charge is 0.495 e. The Labute approximate surface area is 141 Å². The summed E-state index contributed by atoms with van der Waals surface area (Å²) in [6, 6.07) is 11.5. The van der Waals surface area contributed by atoms with Crippen LogP contribution in [0.4, 0.5) is 5.69 Å². The molecule has 120 valence electrons. The molecular formula is C16H14BrNO5. The number of carbonyl (C=O) groups is 2. The summed E-state index contributed by atoms with van der Waals surface area (Å²) in [5, 5.41) is 11.8. The lowest BCUT2D eigenvalue weighted by atomic mass is 10.2. The van der Waals surface area contributed by atoms with E-state index in [1.54, 1.807) is 30.3 Å². The zero-order valence-electron chi connectivity index (χ0n) is 12.2. The number of ether oxygens (including phenoxy) is 2. The van der Waals surface area contributed by atoms with Crippen LogP contribution < -0.4 is 14.8 Å². The van der Waals surface area contributed by atoms with Gasteiger partial charge in [0.15, 0.2) is 6.61 Å². The molecule has 1 amide bonds. The molecule has 2 aromatic rings. The summed E-state index contributed by atoms with van der Waals surface area (Å²) < 4.78 is 11.1. The summed E-state index contributed by atoms with van der Waals surface area (Å²) in [6.45, 7) is -0.319. The Morgan fingerprint density at radius 2 is 1.91 bits per heavy atom. The second kappa shape index (κ2) is 7.64. The van der Waals surface area contributed by atoms with Gasteiger partial charge in [-0.25, -0.2) is 4.79 Å². The number of hydrogen-bond acceptors (Lipinski definition) is 4. The average Bonchev–Trinajstić information content (AvgIpc) is 2.54. The van der Waals surface area contributed by atoms with E-state index < -0.39 is 11.9 Å². The molecule has 7 heteroatoms. The lowest BCUT2D eigenvalue weighted by Gasteiger charge is -2.12. The van der Waals surface area contributed by atoms with Crippen molar-refractivity contribution in [3.63, 3.8) is 0 Å². The standard InChI is InChI=1S/C16H14BrNO5/c1-22-14-5-3-2-4-12(14)18-15(19)9-23-13-7-6-10(17)8-11(13)16(20)21/h2-8H,9H2,1H3,(H,18,19)(H,20,21). The van der Waals surface area contributed by atoms with Crippen LogP contribution in [0.5, 0.6) is 11.5 Å². The zero-order valence-corrected chi connectivity index (χ0v) is 13.8. The maximum atomic E-state index is 12.0. The summed E-state index contributed by atoms with van der Waals surface area (Å²) in [6.07, 6.45) is 0. The lowest BCUT2D eigenvalue weighted by Crippen LogP contribution is -2.21. The van der Waals surface area contributed by atoms with Gasteiger partial charge in [-0.1, -0.05) is 28.1 Å². The number of anilines is 1. The van der Waals surface area contributed by atoms with E-state index in [-0.39, 0.29) is 17.9 Å². The number of carboxylic acids is 1. The normalized spacial score (nSPS) is 10.0. The fraction of sp³-hybridized carbons (Fsp3) is 0.125. The smallest absolute Gasteiger partial charge is 0.339 e. The van der Waals surface area contributed by atoms with Gasteiger partial charge in [0.05, 0.1) is 12.8 Å². The van der Waals surface area contributed by atoms with E-state index >= 15 is 0 Å². The number of carboxylic acid groups (broad SMARTS) is 1. The first-order valence-electron chi connectivity index (χ1n) is 6.59. The van der Waals surface area contributed by atoms with Crippen LogP contribution in [-0.4, -0.2) is 30.7 Å². The second-order valence-corrected chi connectivity index (χ2v) is 5.40. The van der Waals surface area contributed by atoms with Gasteiger partial charge < -0.3 is 19.9 Å². The molecule has 0 saturated carbocycles. The van der Waals surface area contributed by atoms with Crippen molar-refractivity contribution in [2.75, 3.05) is 19.0 Å². The number of hydrogen-bond donors (Lipinski definition) is 2. The molecule has 23 heavy (non-hydrogen) atoms. The molecule has 0 bridgehead atoms. The molecule has 0 spiro atoms. The monoisotopic (exact) mass is 379 g/mol. The van der Waals surface area contributed by atoms with Crippen molar-refractivity contribution in [3.05, 3.63) is 52.5 Å². The van der Waals surface area contributed by atoms with Crippen molar-refractivity contribution < 1.29 is 24.2 Å². The third kappa shape index (κ3) is 4.46. The van der Waals surface area contributed by atoms with Crippen LogP contribution in [0.3, 0.4) is 0 Å². The number of aromatic carboxylic acids is 1. The molecule has 0 atom stereocenters. The van der Waals surface area contributed by atoms with E-state index in [0.717, 1.165) is 0 Å². The molecule has 0 fully saturated rings. The predicted molar refractivity (Wildman–Crippen MR) is 88.2 cm³/mol. The third-order valence-electron chi connectivity index (χ3n) is 2.91. The Kier molecular flexibility index (Phi) is 5.59. The molecule has 6 nitrogen and oxygen atoms in total. The molecule has 0 heterocycles. The van der Waals surface area contributed by atoms with Gasteiger partial charge in [0.25, 0.3) is 5.91 Å². The number of benzene rings is 2. The molecule has 0 saturated heterocycles. The molecule has 0 aromatic heterocycles. The van der Waals surface area contributed by atoms with E-state index in [1.165, 1.54) is 19.2 Å². The molecule has 0 aliphatic heterocycles. The zero-order chi connectivity index (χ0) is 16.8. The first kappa shape index (κ1) is 16.8. The van der Waals surface area contributed by atoms with Crippen molar-refractivity contribution in [2.24, 2.45) is 0 Å². The van der Waals surface area contributed by atoms with Crippen LogP contribution in [0.1, 0.15) is 10.4 Å². The Morgan fingerprint density at radius 1 is 1.17 bits per heavy atom. The maximum absolute atomic E-state index is 12.0. The van der Waals surface area contributed by atoms with Crippen molar-refractivity contribution in [1.82, 2.24) is 0 Å². The number of methoxy groups -OCH3 is 1. The Bertz CT molecular complexity index is 732. The molecule has 2 N–H and O–H groups in total. The van der Waals surface area contributed by atoms with Crippen molar-refractivity contribution in [2.45, 2.75) is 0 Å². The van der Waals surface area contributed by atoms with Crippen LogP contribution in [0, 0.1) is 0 Å². The van der Waals surface area contributed by atoms with E-state index in [2.05, 4.69) is 21.2 Å². The van der Waals surface area contributed by atoms with Gasteiger partial charge in [0, 0.05) is 4.47 Å². The van der Waals surface area contributed by atoms with E-state index in [1.807, 2.05) is 0 Å². The molecule has 2 rings (SSSR count). The molecule has 0 aliphatic rings. The minimum Gasteiger partial charge on any atom is -0.495 e. The third-order valence-corrected chi connectivity index (χ3v) is 3.41. The van der Waals surface area contributed by atoms with E-state index in [4.69, 9.17) is 14.6 Å². The first-order chi connectivity index (χ1) is 11.0. The summed E-state index contributed by atoms with van der Waals surface area (Å²) in [4.78, 5) is 23.1. The van der Waals surface area contributed by atoms with E-state index in [0.29, 0.717) is 15.9 Å². The SMILES string of the molecule is COc1ccccc1NC(=O)COc1ccc(Br)cc1C(=O)O. The van der Waals surface area contributed by atoms with Gasteiger partial charge in [-0.05, 0) is 30.3 Å². The molecular weight excluding hydrogens is 366 g/mol. The number of amides is 1. The summed E-state index contributed by atoms with van der Waals surface area (Å²) in [7, 11) is 1.50. The topological polar surface area (TPSA) is 84.9 Å².